The Hall–Kier alpha value is -3.05. The Morgan fingerprint density at radius 3 is 2.75 bits per heavy atom. The summed E-state index contributed by atoms with van der Waals surface area (Å²) in [6, 6.07) is 8.59. The second-order valence-electron chi connectivity index (χ2n) is 6.66. The zero-order chi connectivity index (χ0) is 22.7. The molecular weight excluding hydrogens is 462 g/mol. The van der Waals surface area contributed by atoms with Gasteiger partial charge in [-0.3, -0.25) is 19.3 Å². The van der Waals surface area contributed by atoms with Gasteiger partial charge < -0.3 is 14.8 Å². The Labute approximate surface area is 190 Å². The summed E-state index contributed by atoms with van der Waals surface area (Å²) in [4.78, 5) is 38.5. The van der Waals surface area contributed by atoms with E-state index in [-0.39, 0.29) is 36.4 Å². The molecule has 0 saturated carbocycles. The predicted molar refractivity (Wildman–Crippen MR) is 115 cm³/mol. The van der Waals surface area contributed by atoms with E-state index in [4.69, 9.17) is 9.47 Å². The van der Waals surface area contributed by atoms with Crippen molar-refractivity contribution in [2.45, 2.75) is 4.90 Å². The normalized spacial score (nSPS) is 16.2. The van der Waals surface area contributed by atoms with Gasteiger partial charge in [-0.05, 0) is 53.7 Å². The molecule has 0 spiro atoms. The van der Waals surface area contributed by atoms with E-state index in [0.717, 1.165) is 40.6 Å². The van der Waals surface area contributed by atoms with E-state index >= 15 is 0 Å². The molecule has 2 aromatic rings. The van der Waals surface area contributed by atoms with Crippen molar-refractivity contribution in [2.24, 2.45) is 0 Å². The molecule has 0 radical (unpaired) electrons. The van der Waals surface area contributed by atoms with Crippen LogP contribution in [0.25, 0.3) is 6.08 Å². The molecule has 0 unspecified atom stereocenters. The molecule has 2 aliphatic heterocycles. The lowest BCUT2D eigenvalue weighted by Crippen LogP contribution is -2.37. The van der Waals surface area contributed by atoms with Crippen LogP contribution in [0.2, 0.25) is 0 Å². The van der Waals surface area contributed by atoms with Crippen LogP contribution < -0.4 is 14.8 Å². The maximum absolute atomic E-state index is 13.2. The molecule has 1 saturated heterocycles. The molecular formula is C21H16F2N2O5S2. The molecule has 0 aromatic heterocycles. The SMILES string of the molecule is O=C(CSc1ccc(F)c(F)c1)NCCN1C(=O)S/C(=C\c2ccc3c(c2)OCO3)C1=O. The van der Waals surface area contributed by atoms with Crippen LogP contribution in [0.3, 0.4) is 0 Å². The van der Waals surface area contributed by atoms with Crippen molar-refractivity contribution in [3.05, 3.63) is 58.5 Å². The highest BCUT2D eigenvalue weighted by molar-refractivity contribution is 8.18. The molecule has 1 fully saturated rings. The minimum atomic E-state index is -0.983. The number of fused-ring (bicyclic) bond motifs is 1. The number of hydrogen-bond acceptors (Lipinski definition) is 7. The summed E-state index contributed by atoms with van der Waals surface area (Å²) < 4.78 is 36.7. The number of amides is 3. The predicted octanol–water partition coefficient (Wildman–Crippen LogP) is 3.64. The molecule has 3 amide bonds. The third-order valence-corrected chi connectivity index (χ3v) is 6.39. The topological polar surface area (TPSA) is 84.9 Å². The van der Waals surface area contributed by atoms with Gasteiger partial charge in [0, 0.05) is 18.0 Å². The molecule has 1 N–H and O–H groups in total. The maximum atomic E-state index is 13.2. The van der Waals surface area contributed by atoms with Crippen molar-refractivity contribution in [3.8, 4) is 11.5 Å². The second-order valence-corrected chi connectivity index (χ2v) is 8.70. The van der Waals surface area contributed by atoms with Gasteiger partial charge in [-0.15, -0.1) is 11.8 Å². The minimum Gasteiger partial charge on any atom is -0.454 e. The lowest BCUT2D eigenvalue weighted by atomic mass is 10.2. The van der Waals surface area contributed by atoms with Crippen molar-refractivity contribution < 1.29 is 32.6 Å². The van der Waals surface area contributed by atoms with E-state index in [1.165, 1.54) is 6.07 Å². The number of nitrogens with one attached hydrogen (secondary N) is 1. The van der Waals surface area contributed by atoms with Crippen LogP contribution in [-0.2, 0) is 9.59 Å². The first kappa shape index (κ1) is 22.2. The minimum absolute atomic E-state index is 0.0169. The Balaban J connectivity index is 1.27. The zero-order valence-electron chi connectivity index (χ0n) is 16.4. The van der Waals surface area contributed by atoms with E-state index in [1.54, 1.807) is 24.3 Å². The van der Waals surface area contributed by atoms with Gasteiger partial charge in [0.25, 0.3) is 11.1 Å². The summed E-state index contributed by atoms with van der Waals surface area (Å²) in [5.74, 6) is -1.56. The summed E-state index contributed by atoms with van der Waals surface area (Å²) in [6.07, 6.45) is 1.60. The maximum Gasteiger partial charge on any atom is 0.293 e. The van der Waals surface area contributed by atoms with E-state index in [2.05, 4.69) is 5.32 Å². The molecule has 4 rings (SSSR count). The average molecular weight is 478 g/mol. The fourth-order valence-electron chi connectivity index (χ4n) is 2.92. The number of imide groups is 1. The first-order valence-corrected chi connectivity index (χ1v) is 11.2. The van der Waals surface area contributed by atoms with Gasteiger partial charge in [0.1, 0.15) is 0 Å². The Bertz CT molecular complexity index is 1130. The summed E-state index contributed by atoms with van der Waals surface area (Å²) in [5, 5.41) is 2.18. The smallest absolute Gasteiger partial charge is 0.293 e. The third-order valence-electron chi connectivity index (χ3n) is 4.49. The van der Waals surface area contributed by atoms with Gasteiger partial charge in [0.15, 0.2) is 23.1 Å². The van der Waals surface area contributed by atoms with Crippen LogP contribution >= 0.6 is 23.5 Å². The van der Waals surface area contributed by atoms with Gasteiger partial charge >= 0.3 is 0 Å². The molecule has 2 aliphatic rings. The lowest BCUT2D eigenvalue weighted by molar-refractivity contribution is -0.123. The van der Waals surface area contributed by atoms with Gasteiger partial charge in [0.2, 0.25) is 12.7 Å². The Kier molecular flexibility index (Phi) is 6.66. The van der Waals surface area contributed by atoms with Crippen LogP contribution in [0.15, 0.2) is 46.2 Å². The first-order chi connectivity index (χ1) is 15.4. The second kappa shape index (κ2) is 9.61. The van der Waals surface area contributed by atoms with E-state index in [0.29, 0.717) is 22.0 Å². The molecule has 166 valence electrons. The molecule has 0 bridgehead atoms. The number of thioether (sulfide) groups is 2. The van der Waals surface area contributed by atoms with Crippen molar-refractivity contribution in [2.75, 3.05) is 25.6 Å². The van der Waals surface area contributed by atoms with Crippen LogP contribution in [0.1, 0.15) is 5.56 Å². The van der Waals surface area contributed by atoms with Crippen LogP contribution in [0, 0.1) is 11.6 Å². The van der Waals surface area contributed by atoms with E-state index in [1.807, 2.05) is 0 Å². The zero-order valence-corrected chi connectivity index (χ0v) is 18.1. The first-order valence-electron chi connectivity index (χ1n) is 9.40. The van der Waals surface area contributed by atoms with Gasteiger partial charge in [-0.2, -0.15) is 0 Å². The van der Waals surface area contributed by atoms with Gasteiger partial charge in [0.05, 0.1) is 10.7 Å². The Morgan fingerprint density at radius 2 is 1.94 bits per heavy atom. The largest absolute Gasteiger partial charge is 0.454 e. The molecule has 11 heteroatoms. The van der Waals surface area contributed by atoms with Crippen LogP contribution in [0.5, 0.6) is 11.5 Å². The molecule has 0 atom stereocenters. The third kappa shape index (κ3) is 5.05. The fraction of sp³-hybridized carbons (Fsp3) is 0.190. The van der Waals surface area contributed by atoms with Crippen molar-refractivity contribution in [1.82, 2.24) is 10.2 Å². The molecule has 0 aliphatic carbocycles. The highest BCUT2D eigenvalue weighted by Crippen LogP contribution is 2.36. The Morgan fingerprint density at radius 1 is 1.12 bits per heavy atom. The molecule has 7 nitrogen and oxygen atoms in total. The quantitative estimate of drug-likeness (QED) is 0.481. The number of carbonyl (C=O) groups excluding carboxylic acids is 3. The highest BCUT2D eigenvalue weighted by atomic mass is 32.2. The number of hydrogen-bond donors (Lipinski definition) is 1. The lowest BCUT2D eigenvalue weighted by Gasteiger charge is -2.13. The van der Waals surface area contributed by atoms with Gasteiger partial charge in [-0.25, -0.2) is 8.78 Å². The average Bonchev–Trinajstić information content (AvgIpc) is 3.34. The van der Waals surface area contributed by atoms with Crippen LogP contribution in [0.4, 0.5) is 13.6 Å². The van der Waals surface area contributed by atoms with Crippen molar-refractivity contribution >= 4 is 46.7 Å². The summed E-state index contributed by atoms with van der Waals surface area (Å²) in [5.41, 5.74) is 0.697. The number of carbonyl (C=O) groups is 3. The fourth-order valence-corrected chi connectivity index (χ4v) is 4.54. The monoisotopic (exact) mass is 478 g/mol. The van der Waals surface area contributed by atoms with Crippen molar-refractivity contribution in [1.29, 1.82) is 0 Å². The number of nitrogens with zero attached hydrogens (tertiary/aromatic N) is 1. The van der Waals surface area contributed by atoms with E-state index in [9.17, 15) is 23.2 Å². The standard InChI is InChI=1S/C21H16F2N2O5S2/c22-14-3-2-13(9-15(14)23)31-10-19(26)24-5-6-25-20(27)18(32-21(25)28)8-12-1-4-16-17(7-12)30-11-29-16/h1-4,7-9H,5-6,10-11H2,(H,24,26)/b18-8-. The summed E-state index contributed by atoms with van der Waals surface area (Å²) in [7, 11) is 0. The highest BCUT2D eigenvalue weighted by Gasteiger charge is 2.34. The molecule has 32 heavy (non-hydrogen) atoms. The molecule has 2 heterocycles. The van der Waals surface area contributed by atoms with Gasteiger partial charge in [-0.1, -0.05) is 6.07 Å². The summed E-state index contributed by atoms with van der Waals surface area (Å²) >= 11 is 1.87. The number of rotatable bonds is 7. The number of halogens is 2. The number of benzene rings is 2. The van der Waals surface area contributed by atoms with E-state index < -0.39 is 22.8 Å². The number of ether oxygens (including phenoxy) is 2. The summed E-state index contributed by atoms with van der Waals surface area (Å²) in [6.45, 7) is 0.234. The van der Waals surface area contributed by atoms with Crippen LogP contribution in [-0.4, -0.2) is 47.6 Å². The molecule has 2 aromatic carbocycles. The van der Waals surface area contributed by atoms with Crippen molar-refractivity contribution in [3.63, 3.8) is 0 Å².